The fraction of sp³-hybridized carbons (Fsp3) is 0.727. The molecule has 1 aromatic rings. The van der Waals surface area contributed by atoms with Gasteiger partial charge in [-0.15, -0.1) is 0 Å². The number of nitrogens with zero attached hydrogens (tertiary/aromatic N) is 4. The van der Waals surface area contributed by atoms with Crippen LogP contribution in [-0.4, -0.2) is 34.1 Å². The average Bonchev–Trinajstić information content (AvgIpc) is 2.57. The molecule has 94 valence electrons. The summed E-state index contributed by atoms with van der Waals surface area (Å²) in [5.41, 5.74) is 5.67. The summed E-state index contributed by atoms with van der Waals surface area (Å²) in [6.07, 6.45) is 1.15. The Morgan fingerprint density at radius 1 is 1.35 bits per heavy atom. The van der Waals surface area contributed by atoms with E-state index in [2.05, 4.69) is 33.7 Å². The first kappa shape index (κ1) is 11.9. The molecule has 1 saturated heterocycles. The number of ether oxygens (including phenoxy) is 1. The van der Waals surface area contributed by atoms with Gasteiger partial charge in [0.05, 0.1) is 6.61 Å². The molecule has 0 aromatic carbocycles. The number of nitrogen functional groups attached to an aromatic ring is 1. The Morgan fingerprint density at radius 2 is 2.12 bits per heavy atom. The van der Waals surface area contributed by atoms with Crippen LogP contribution < -0.4 is 15.4 Å². The lowest BCUT2D eigenvalue weighted by Gasteiger charge is -2.21. The summed E-state index contributed by atoms with van der Waals surface area (Å²) >= 11 is 0. The second-order valence-corrected chi connectivity index (χ2v) is 4.55. The number of nitrogens with two attached hydrogens (primary N) is 1. The lowest BCUT2D eigenvalue weighted by atomic mass is 10.1. The van der Waals surface area contributed by atoms with Gasteiger partial charge in [0.15, 0.2) is 0 Å². The first-order valence-electron chi connectivity index (χ1n) is 6.01. The van der Waals surface area contributed by atoms with Crippen molar-refractivity contribution in [1.29, 1.82) is 0 Å². The molecule has 0 bridgehead atoms. The van der Waals surface area contributed by atoms with Gasteiger partial charge >= 0.3 is 6.01 Å². The van der Waals surface area contributed by atoms with Crippen LogP contribution in [0.5, 0.6) is 6.01 Å². The van der Waals surface area contributed by atoms with E-state index in [1.807, 2.05) is 6.92 Å². The summed E-state index contributed by atoms with van der Waals surface area (Å²) in [6.45, 7) is 7.76. The van der Waals surface area contributed by atoms with Gasteiger partial charge in [0.25, 0.3) is 0 Å². The summed E-state index contributed by atoms with van der Waals surface area (Å²) in [7, 11) is 0. The molecular formula is C11H19N5O. The van der Waals surface area contributed by atoms with Crippen molar-refractivity contribution >= 4 is 11.9 Å². The number of hydrogen-bond acceptors (Lipinski definition) is 6. The Labute approximate surface area is 101 Å². The molecule has 2 unspecified atom stereocenters. The first-order valence-corrected chi connectivity index (χ1v) is 6.01. The number of aromatic nitrogens is 3. The standard InChI is InChI=1S/C11H19N5O/c1-4-17-11-14-9(12)13-10(15-11)16-6-7(2)5-8(16)3/h7-8H,4-6H2,1-3H3,(H2,12,13,14,15). The van der Waals surface area contributed by atoms with Gasteiger partial charge < -0.3 is 15.4 Å². The maximum atomic E-state index is 5.67. The fourth-order valence-corrected chi connectivity index (χ4v) is 2.26. The molecule has 0 aliphatic carbocycles. The molecule has 6 nitrogen and oxygen atoms in total. The van der Waals surface area contributed by atoms with Crippen LogP contribution in [0.1, 0.15) is 27.2 Å². The summed E-state index contributed by atoms with van der Waals surface area (Å²) in [4.78, 5) is 14.6. The minimum absolute atomic E-state index is 0.213. The fourth-order valence-electron chi connectivity index (χ4n) is 2.26. The molecule has 1 aliphatic heterocycles. The zero-order valence-electron chi connectivity index (χ0n) is 10.6. The van der Waals surface area contributed by atoms with Crippen molar-refractivity contribution < 1.29 is 4.74 Å². The van der Waals surface area contributed by atoms with E-state index in [-0.39, 0.29) is 5.95 Å². The van der Waals surface area contributed by atoms with Gasteiger partial charge in [-0.3, -0.25) is 0 Å². The highest BCUT2D eigenvalue weighted by molar-refractivity contribution is 5.38. The third-order valence-corrected chi connectivity index (χ3v) is 2.93. The summed E-state index contributed by atoms with van der Waals surface area (Å²) < 4.78 is 5.28. The van der Waals surface area contributed by atoms with E-state index in [9.17, 15) is 0 Å². The molecule has 2 N–H and O–H groups in total. The van der Waals surface area contributed by atoms with Gasteiger partial charge in [-0.05, 0) is 26.2 Å². The SMILES string of the molecule is CCOc1nc(N)nc(N2CC(C)CC2C)n1. The normalized spacial score (nSPS) is 24.1. The van der Waals surface area contributed by atoms with Gasteiger partial charge in [-0.25, -0.2) is 0 Å². The molecule has 0 amide bonds. The average molecular weight is 237 g/mol. The maximum Gasteiger partial charge on any atom is 0.323 e. The van der Waals surface area contributed by atoms with Crippen molar-refractivity contribution in [3.05, 3.63) is 0 Å². The molecule has 2 atom stereocenters. The Bertz CT molecular complexity index is 397. The minimum Gasteiger partial charge on any atom is -0.464 e. The molecule has 0 radical (unpaired) electrons. The predicted octanol–water partition coefficient (Wildman–Crippen LogP) is 1.09. The first-order chi connectivity index (χ1) is 8.10. The molecule has 0 saturated carbocycles. The molecule has 1 aromatic heterocycles. The van der Waals surface area contributed by atoms with E-state index in [0.29, 0.717) is 30.5 Å². The Kier molecular flexibility index (Phi) is 3.31. The van der Waals surface area contributed by atoms with Crippen LogP contribution in [0.3, 0.4) is 0 Å². The largest absolute Gasteiger partial charge is 0.464 e. The van der Waals surface area contributed by atoms with E-state index < -0.39 is 0 Å². The van der Waals surface area contributed by atoms with Crippen molar-refractivity contribution in [2.75, 3.05) is 23.8 Å². The van der Waals surface area contributed by atoms with Crippen LogP contribution in [0.2, 0.25) is 0 Å². The van der Waals surface area contributed by atoms with E-state index in [0.717, 1.165) is 13.0 Å². The minimum atomic E-state index is 0.213. The topological polar surface area (TPSA) is 77.2 Å². The Hall–Kier alpha value is -1.59. The van der Waals surface area contributed by atoms with Crippen molar-refractivity contribution in [1.82, 2.24) is 15.0 Å². The number of rotatable bonds is 3. The van der Waals surface area contributed by atoms with E-state index >= 15 is 0 Å². The lowest BCUT2D eigenvalue weighted by Crippen LogP contribution is -2.29. The third-order valence-electron chi connectivity index (χ3n) is 2.93. The van der Waals surface area contributed by atoms with Gasteiger partial charge in [-0.2, -0.15) is 15.0 Å². The van der Waals surface area contributed by atoms with Crippen LogP contribution in [0, 0.1) is 5.92 Å². The van der Waals surface area contributed by atoms with Gasteiger partial charge in [0, 0.05) is 12.6 Å². The molecule has 1 fully saturated rings. The zero-order chi connectivity index (χ0) is 12.4. The van der Waals surface area contributed by atoms with E-state index in [1.54, 1.807) is 0 Å². The quantitative estimate of drug-likeness (QED) is 0.847. The van der Waals surface area contributed by atoms with E-state index in [1.165, 1.54) is 0 Å². The molecule has 2 heterocycles. The van der Waals surface area contributed by atoms with Crippen LogP contribution in [0.4, 0.5) is 11.9 Å². The Balaban J connectivity index is 2.25. The molecular weight excluding hydrogens is 218 g/mol. The highest BCUT2D eigenvalue weighted by Gasteiger charge is 2.28. The van der Waals surface area contributed by atoms with Crippen LogP contribution in [-0.2, 0) is 0 Å². The third kappa shape index (κ3) is 2.57. The van der Waals surface area contributed by atoms with Gasteiger partial charge in [-0.1, -0.05) is 6.92 Å². The second-order valence-electron chi connectivity index (χ2n) is 4.55. The van der Waals surface area contributed by atoms with Crippen molar-refractivity contribution in [3.8, 4) is 6.01 Å². The monoisotopic (exact) mass is 237 g/mol. The van der Waals surface area contributed by atoms with Crippen LogP contribution in [0.25, 0.3) is 0 Å². The predicted molar refractivity (Wildman–Crippen MR) is 66.0 cm³/mol. The Morgan fingerprint density at radius 3 is 2.71 bits per heavy atom. The summed E-state index contributed by atoms with van der Waals surface area (Å²) in [5, 5.41) is 0. The van der Waals surface area contributed by atoms with Crippen molar-refractivity contribution in [2.24, 2.45) is 5.92 Å². The summed E-state index contributed by atoms with van der Waals surface area (Å²) in [6, 6.07) is 0.739. The van der Waals surface area contributed by atoms with Gasteiger partial charge in [0.1, 0.15) is 0 Å². The maximum absolute atomic E-state index is 5.67. The van der Waals surface area contributed by atoms with Crippen molar-refractivity contribution in [3.63, 3.8) is 0 Å². The van der Waals surface area contributed by atoms with Gasteiger partial charge in [0.2, 0.25) is 11.9 Å². The molecule has 17 heavy (non-hydrogen) atoms. The number of anilines is 2. The molecule has 0 spiro atoms. The van der Waals surface area contributed by atoms with Crippen molar-refractivity contribution in [2.45, 2.75) is 33.2 Å². The summed E-state index contributed by atoms with van der Waals surface area (Å²) in [5.74, 6) is 1.49. The lowest BCUT2D eigenvalue weighted by molar-refractivity contribution is 0.312. The highest BCUT2D eigenvalue weighted by Crippen LogP contribution is 2.27. The smallest absolute Gasteiger partial charge is 0.323 e. The van der Waals surface area contributed by atoms with E-state index in [4.69, 9.17) is 10.5 Å². The second kappa shape index (κ2) is 4.73. The molecule has 2 rings (SSSR count). The van der Waals surface area contributed by atoms with Crippen LogP contribution >= 0.6 is 0 Å². The number of hydrogen-bond donors (Lipinski definition) is 1. The highest BCUT2D eigenvalue weighted by atomic mass is 16.5. The zero-order valence-corrected chi connectivity index (χ0v) is 10.6. The van der Waals surface area contributed by atoms with Crippen LogP contribution in [0.15, 0.2) is 0 Å². The molecule has 1 aliphatic rings. The molecule has 6 heteroatoms.